The van der Waals surface area contributed by atoms with Gasteiger partial charge >= 0.3 is 0 Å². The highest BCUT2D eigenvalue weighted by Crippen LogP contribution is 2.34. The van der Waals surface area contributed by atoms with E-state index in [1.807, 2.05) is 0 Å². The molecule has 1 saturated carbocycles. The van der Waals surface area contributed by atoms with Crippen molar-refractivity contribution >= 4 is 11.8 Å². The van der Waals surface area contributed by atoms with Crippen molar-refractivity contribution in [1.29, 1.82) is 0 Å². The molecule has 0 unspecified atom stereocenters. The first-order valence-electron chi connectivity index (χ1n) is 10.5. The third-order valence-electron chi connectivity index (χ3n) is 6.43. The van der Waals surface area contributed by atoms with Crippen molar-refractivity contribution in [2.75, 3.05) is 57.1 Å². The first kappa shape index (κ1) is 18.9. The number of ether oxygens (including phenoxy) is 2. The molecule has 1 atom stereocenters. The summed E-state index contributed by atoms with van der Waals surface area (Å²) in [6.07, 6.45) is 8.78. The molecule has 0 radical (unpaired) electrons. The normalized spacial score (nSPS) is 26.6. The number of hydrogen-bond acceptors (Lipinski definition) is 7. The van der Waals surface area contributed by atoms with Gasteiger partial charge in [-0.2, -0.15) is 4.98 Å². The summed E-state index contributed by atoms with van der Waals surface area (Å²) in [5.41, 5.74) is 7.20. The van der Waals surface area contributed by atoms with Crippen LogP contribution in [0.5, 0.6) is 0 Å². The zero-order chi connectivity index (χ0) is 18.5. The molecule has 0 bridgehead atoms. The Kier molecular flexibility index (Phi) is 6.10. The van der Waals surface area contributed by atoms with E-state index in [9.17, 15) is 0 Å². The lowest BCUT2D eigenvalue weighted by atomic mass is 9.87. The van der Waals surface area contributed by atoms with Crippen molar-refractivity contribution in [2.24, 2.45) is 0 Å². The Labute approximate surface area is 162 Å². The highest BCUT2D eigenvalue weighted by atomic mass is 16.5. The average Bonchev–Trinajstić information content (AvgIpc) is 3.13. The van der Waals surface area contributed by atoms with Crippen molar-refractivity contribution in [3.05, 3.63) is 11.8 Å². The molecule has 7 nitrogen and oxygen atoms in total. The van der Waals surface area contributed by atoms with Gasteiger partial charge in [0.2, 0.25) is 5.95 Å². The third kappa shape index (κ3) is 4.52. The van der Waals surface area contributed by atoms with Crippen LogP contribution in [0.4, 0.5) is 11.8 Å². The fourth-order valence-corrected chi connectivity index (χ4v) is 4.84. The van der Waals surface area contributed by atoms with Crippen LogP contribution in [0.15, 0.2) is 6.07 Å². The van der Waals surface area contributed by atoms with E-state index in [1.165, 1.54) is 38.5 Å². The minimum absolute atomic E-state index is 0.191. The van der Waals surface area contributed by atoms with Crippen molar-refractivity contribution in [2.45, 2.75) is 56.4 Å². The second-order valence-electron chi connectivity index (χ2n) is 8.19. The van der Waals surface area contributed by atoms with Gasteiger partial charge in [-0.3, -0.25) is 4.90 Å². The standard InChI is InChI=1S/C20H33N5O2/c21-19-23-17(16-5-10-27-14-16)13-18(24-19)22-15-20(6-3-1-2-4-7-20)25-8-11-26-12-9-25/h13,16H,1-12,14-15H2,(H3,21,22,23,24)/t16-/m0/s1. The predicted molar refractivity (Wildman–Crippen MR) is 106 cm³/mol. The van der Waals surface area contributed by atoms with Crippen molar-refractivity contribution < 1.29 is 9.47 Å². The van der Waals surface area contributed by atoms with Gasteiger partial charge in [0.25, 0.3) is 0 Å². The van der Waals surface area contributed by atoms with E-state index in [0.29, 0.717) is 11.9 Å². The summed E-state index contributed by atoms with van der Waals surface area (Å²) < 4.78 is 11.1. The highest BCUT2D eigenvalue weighted by Gasteiger charge is 2.37. The SMILES string of the molecule is Nc1nc(NCC2(N3CCOCC3)CCCCCC2)cc([C@H]2CCOC2)n1. The van der Waals surface area contributed by atoms with Crippen LogP contribution in [0.1, 0.15) is 56.6 Å². The van der Waals surface area contributed by atoms with Crippen molar-refractivity contribution in [1.82, 2.24) is 14.9 Å². The Balaban J connectivity index is 1.50. The quantitative estimate of drug-likeness (QED) is 0.764. The lowest BCUT2D eigenvalue weighted by molar-refractivity contribution is -0.0240. The summed E-state index contributed by atoms with van der Waals surface area (Å²) in [7, 11) is 0. The summed E-state index contributed by atoms with van der Waals surface area (Å²) >= 11 is 0. The zero-order valence-corrected chi connectivity index (χ0v) is 16.3. The molecule has 1 aromatic rings. The highest BCUT2D eigenvalue weighted by molar-refractivity contribution is 5.42. The van der Waals surface area contributed by atoms with Crippen LogP contribution in [-0.2, 0) is 9.47 Å². The van der Waals surface area contributed by atoms with E-state index in [-0.39, 0.29) is 5.54 Å². The third-order valence-corrected chi connectivity index (χ3v) is 6.43. The van der Waals surface area contributed by atoms with Gasteiger partial charge in [0.05, 0.1) is 25.5 Å². The molecular weight excluding hydrogens is 342 g/mol. The van der Waals surface area contributed by atoms with E-state index in [2.05, 4.69) is 26.3 Å². The second kappa shape index (κ2) is 8.71. The van der Waals surface area contributed by atoms with Crippen molar-refractivity contribution in [3.8, 4) is 0 Å². The molecule has 3 N–H and O–H groups in total. The molecule has 0 spiro atoms. The van der Waals surface area contributed by atoms with Crippen LogP contribution >= 0.6 is 0 Å². The van der Waals surface area contributed by atoms with E-state index < -0.39 is 0 Å². The number of nitrogens with two attached hydrogens (primary N) is 1. The van der Waals surface area contributed by atoms with E-state index in [1.54, 1.807) is 0 Å². The monoisotopic (exact) mass is 375 g/mol. The molecule has 2 saturated heterocycles. The van der Waals surface area contributed by atoms with Gasteiger partial charge in [0.1, 0.15) is 5.82 Å². The van der Waals surface area contributed by atoms with Gasteiger partial charge in [-0.25, -0.2) is 4.98 Å². The Bertz CT molecular complexity index is 606. The maximum atomic E-state index is 6.01. The number of nitrogens with one attached hydrogen (secondary N) is 1. The van der Waals surface area contributed by atoms with Crippen LogP contribution in [0, 0.1) is 0 Å². The maximum absolute atomic E-state index is 6.01. The second-order valence-corrected chi connectivity index (χ2v) is 8.19. The molecule has 3 aliphatic rings. The van der Waals surface area contributed by atoms with E-state index in [0.717, 1.165) is 64.0 Å². The van der Waals surface area contributed by atoms with Crippen LogP contribution < -0.4 is 11.1 Å². The number of rotatable bonds is 5. The van der Waals surface area contributed by atoms with Gasteiger partial charge in [-0.05, 0) is 19.3 Å². The van der Waals surface area contributed by atoms with Gasteiger partial charge in [-0.1, -0.05) is 25.7 Å². The van der Waals surface area contributed by atoms with E-state index in [4.69, 9.17) is 15.2 Å². The summed E-state index contributed by atoms with van der Waals surface area (Å²) in [5.74, 6) is 1.53. The van der Waals surface area contributed by atoms with Gasteiger partial charge in [0, 0.05) is 43.8 Å². The van der Waals surface area contributed by atoms with Crippen LogP contribution in [-0.4, -0.2) is 66.5 Å². The van der Waals surface area contributed by atoms with Crippen molar-refractivity contribution in [3.63, 3.8) is 0 Å². The summed E-state index contributed by atoms with van der Waals surface area (Å²) in [6.45, 7) is 6.17. The minimum atomic E-state index is 0.191. The van der Waals surface area contributed by atoms with Crippen LogP contribution in [0.2, 0.25) is 0 Å². The predicted octanol–water partition coefficient (Wildman–Crippen LogP) is 2.40. The van der Waals surface area contributed by atoms with Crippen LogP contribution in [0.25, 0.3) is 0 Å². The number of nitrogens with zero attached hydrogens (tertiary/aromatic N) is 3. The molecule has 150 valence electrons. The molecule has 2 aliphatic heterocycles. The van der Waals surface area contributed by atoms with E-state index >= 15 is 0 Å². The molecule has 7 heteroatoms. The van der Waals surface area contributed by atoms with Crippen LogP contribution in [0.3, 0.4) is 0 Å². The molecule has 27 heavy (non-hydrogen) atoms. The maximum Gasteiger partial charge on any atom is 0.222 e. The number of morpholine rings is 1. The number of anilines is 2. The summed E-state index contributed by atoms with van der Waals surface area (Å²) in [6, 6.07) is 2.07. The average molecular weight is 376 g/mol. The molecule has 3 heterocycles. The first-order valence-corrected chi connectivity index (χ1v) is 10.5. The first-order chi connectivity index (χ1) is 13.3. The van der Waals surface area contributed by atoms with Gasteiger partial charge < -0.3 is 20.5 Å². The largest absolute Gasteiger partial charge is 0.381 e. The lowest BCUT2D eigenvalue weighted by Gasteiger charge is -2.46. The minimum Gasteiger partial charge on any atom is -0.381 e. The molecule has 1 aromatic heterocycles. The molecular formula is C20H33N5O2. The Morgan fingerprint density at radius 2 is 1.85 bits per heavy atom. The molecule has 0 aromatic carbocycles. The summed E-state index contributed by atoms with van der Waals surface area (Å²) in [4.78, 5) is 11.6. The Morgan fingerprint density at radius 1 is 1.07 bits per heavy atom. The smallest absolute Gasteiger partial charge is 0.222 e. The fourth-order valence-electron chi connectivity index (χ4n) is 4.84. The summed E-state index contributed by atoms with van der Waals surface area (Å²) in [5, 5.41) is 3.63. The zero-order valence-electron chi connectivity index (χ0n) is 16.3. The Morgan fingerprint density at radius 3 is 2.56 bits per heavy atom. The Hall–Kier alpha value is -1.44. The van der Waals surface area contributed by atoms with Gasteiger partial charge in [0.15, 0.2) is 0 Å². The molecule has 3 fully saturated rings. The topological polar surface area (TPSA) is 85.5 Å². The molecule has 1 aliphatic carbocycles. The van der Waals surface area contributed by atoms with Gasteiger partial charge in [-0.15, -0.1) is 0 Å². The number of hydrogen-bond donors (Lipinski definition) is 2. The number of nitrogen functional groups attached to an aromatic ring is 1. The number of aromatic nitrogens is 2. The molecule has 0 amide bonds. The molecule has 4 rings (SSSR count). The fraction of sp³-hybridized carbons (Fsp3) is 0.800. The lowest BCUT2D eigenvalue weighted by Crippen LogP contribution is -2.57.